The van der Waals surface area contributed by atoms with Crippen LogP contribution in [0.4, 0.5) is 0 Å². The third-order valence-electron chi connectivity index (χ3n) is 6.92. The summed E-state index contributed by atoms with van der Waals surface area (Å²) in [6.07, 6.45) is 4.79. The molecule has 36 heavy (non-hydrogen) atoms. The van der Waals surface area contributed by atoms with E-state index in [9.17, 15) is 9.59 Å². The smallest absolute Gasteiger partial charge is 0.251 e. The first-order chi connectivity index (χ1) is 17.3. The SMILES string of the molecule is CC.CC1(C)CC2NC(=O)c3cccc(c3)CN3C(=O)CC(CCCCc4ccc(c2c4)O1)N=C3N. The number of rotatable bonds is 0. The summed E-state index contributed by atoms with van der Waals surface area (Å²) in [5.41, 5.74) is 9.45. The molecule has 0 aliphatic carbocycles. The summed E-state index contributed by atoms with van der Waals surface area (Å²) in [6, 6.07) is 13.5. The van der Waals surface area contributed by atoms with Crippen LogP contribution < -0.4 is 15.8 Å². The zero-order chi connectivity index (χ0) is 25.9. The van der Waals surface area contributed by atoms with Crippen molar-refractivity contribution in [1.29, 1.82) is 0 Å². The van der Waals surface area contributed by atoms with Gasteiger partial charge in [-0.1, -0.05) is 44.5 Å². The van der Waals surface area contributed by atoms with Crippen LogP contribution in [0.25, 0.3) is 0 Å². The number of carbonyl (C=O) groups is 2. The number of nitrogens with two attached hydrogens (primary N) is 1. The molecule has 0 saturated heterocycles. The lowest BCUT2D eigenvalue weighted by molar-refractivity contribution is -0.128. The number of amides is 2. The number of benzene rings is 2. The topological polar surface area (TPSA) is 97.0 Å². The summed E-state index contributed by atoms with van der Waals surface area (Å²) in [5, 5.41) is 3.24. The van der Waals surface area contributed by atoms with Gasteiger partial charge in [-0.05, 0) is 62.4 Å². The highest BCUT2D eigenvalue weighted by Gasteiger charge is 2.35. The molecule has 2 atom stereocenters. The largest absolute Gasteiger partial charge is 0.487 e. The molecule has 4 aliphatic rings. The Labute approximate surface area is 214 Å². The van der Waals surface area contributed by atoms with Crippen molar-refractivity contribution >= 4 is 17.8 Å². The van der Waals surface area contributed by atoms with Gasteiger partial charge in [-0.25, -0.2) is 4.99 Å². The van der Waals surface area contributed by atoms with Crippen molar-refractivity contribution in [2.24, 2.45) is 10.7 Å². The first-order valence-corrected chi connectivity index (χ1v) is 13.1. The van der Waals surface area contributed by atoms with Crippen molar-refractivity contribution in [3.8, 4) is 5.75 Å². The van der Waals surface area contributed by atoms with Gasteiger partial charge in [0.25, 0.3) is 5.91 Å². The van der Waals surface area contributed by atoms with Crippen LogP contribution in [0.5, 0.6) is 5.75 Å². The molecule has 2 amide bonds. The van der Waals surface area contributed by atoms with E-state index in [1.807, 2.05) is 38.1 Å². The van der Waals surface area contributed by atoms with Crippen molar-refractivity contribution in [2.45, 2.75) is 90.4 Å². The Morgan fingerprint density at radius 2 is 1.89 bits per heavy atom. The third kappa shape index (κ3) is 5.72. The minimum atomic E-state index is -0.380. The number of nitrogens with zero attached hydrogens (tertiary/aromatic N) is 2. The molecule has 7 nitrogen and oxygen atoms in total. The minimum Gasteiger partial charge on any atom is -0.487 e. The number of nitrogens with one attached hydrogen (secondary N) is 1. The van der Waals surface area contributed by atoms with Gasteiger partial charge in [0, 0.05) is 24.0 Å². The van der Waals surface area contributed by atoms with Crippen LogP contribution in [0.1, 0.15) is 92.9 Å². The van der Waals surface area contributed by atoms with Crippen LogP contribution in [0.15, 0.2) is 47.5 Å². The third-order valence-corrected chi connectivity index (χ3v) is 6.92. The van der Waals surface area contributed by atoms with Crippen molar-refractivity contribution < 1.29 is 14.3 Å². The Morgan fingerprint density at radius 3 is 2.67 bits per heavy atom. The molecule has 4 heterocycles. The van der Waals surface area contributed by atoms with Crippen LogP contribution in [0, 0.1) is 0 Å². The molecule has 4 aliphatic heterocycles. The molecule has 192 valence electrons. The summed E-state index contributed by atoms with van der Waals surface area (Å²) in [4.78, 5) is 32.2. The van der Waals surface area contributed by atoms with E-state index < -0.39 is 0 Å². The lowest BCUT2D eigenvalue weighted by Crippen LogP contribution is -2.46. The van der Waals surface area contributed by atoms with E-state index in [1.54, 1.807) is 6.07 Å². The Kier molecular flexibility index (Phi) is 7.67. The standard InChI is InChI=1S/C27H32N4O3.C2H6/c1-27(2)15-22-21-13-17(10-11-23(21)34-27)6-3-4-9-20-14-24(32)31(26(28)29-20)16-18-7-5-8-19(12-18)25(33)30-22;1-2/h5,7-8,10-13,20,22H,3-4,6,9,14-16H2,1-2H3,(H2,28,29)(H,30,33);1-2H3. The molecule has 0 spiro atoms. The van der Waals surface area contributed by atoms with Gasteiger partial charge in [-0.15, -0.1) is 0 Å². The van der Waals surface area contributed by atoms with E-state index in [1.165, 1.54) is 10.5 Å². The first kappa shape index (κ1) is 25.7. The summed E-state index contributed by atoms with van der Waals surface area (Å²) in [6.45, 7) is 8.40. The number of ether oxygens (including phenoxy) is 1. The van der Waals surface area contributed by atoms with E-state index in [-0.39, 0.29) is 35.5 Å². The second-order valence-electron chi connectivity index (χ2n) is 10.2. The van der Waals surface area contributed by atoms with E-state index in [4.69, 9.17) is 10.5 Å². The number of aliphatic imine (C=N–C) groups is 1. The zero-order valence-electron chi connectivity index (χ0n) is 21.8. The predicted octanol–water partition coefficient (Wildman–Crippen LogP) is 4.89. The summed E-state index contributed by atoms with van der Waals surface area (Å²) in [7, 11) is 0. The van der Waals surface area contributed by atoms with Crippen molar-refractivity contribution in [2.75, 3.05) is 0 Å². The van der Waals surface area contributed by atoms with Crippen LogP contribution >= 0.6 is 0 Å². The average Bonchev–Trinajstić information content (AvgIpc) is 2.84. The van der Waals surface area contributed by atoms with Gasteiger partial charge in [0.1, 0.15) is 11.4 Å². The minimum absolute atomic E-state index is 0.0156. The molecule has 2 aromatic rings. The number of hydrogen-bond acceptors (Lipinski definition) is 5. The Balaban J connectivity index is 0.00000148. The fourth-order valence-corrected chi connectivity index (χ4v) is 5.21. The van der Waals surface area contributed by atoms with Gasteiger partial charge in [-0.2, -0.15) is 0 Å². The first-order valence-electron chi connectivity index (χ1n) is 13.1. The average molecular weight is 491 g/mol. The molecule has 6 bridgehead atoms. The highest BCUT2D eigenvalue weighted by Crippen LogP contribution is 2.40. The normalized spacial score (nSPS) is 23.2. The molecule has 0 radical (unpaired) electrons. The molecule has 2 aromatic carbocycles. The molecule has 0 fully saturated rings. The zero-order valence-corrected chi connectivity index (χ0v) is 21.8. The van der Waals surface area contributed by atoms with Gasteiger partial charge in [-0.3, -0.25) is 14.5 Å². The van der Waals surface area contributed by atoms with Crippen LogP contribution in [-0.4, -0.2) is 34.3 Å². The summed E-state index contributed by atoms with van der Waals surface area (Å²) in [5.74, 6) is 0.940. The van der Waals surface area contributed by atoms with Crippen molar-refractivity contribution in [1.82, 2.24) is 10.2 Å². The monoisotopic (exact) mass is 490 g/mol. The van der Waals surface area contributed by atoms with Crippen LogP contribution in [-0.2, 0) is 17.8 Å². The van der Waals surface area contributed by atoms with Gasteiger partial charge in [0.05, 0.1) is 18.6 Å². The number of guanidine groups is 1. The molecule has 0 saturated carbocycles. The van der Waals surface area contributed by atoms with Crippen LogP contribution in [0.2, 0.25) is 0 Å². The van der Waals surface area contributed by atoms with E-state index in [2.05, 4.69) is 36.3 Å². The van der Waals surface area contributed by atoms with Gasteiger partial charge < -0.3 is 15.8 Å². The van der Waals surface area contributed by atoms with Crippen molar-refractivity contribution in [3.63, 3.8) is 0 Å². The van der Waals surface area contributed by atoms with Gasteiger partial charge in [0.15, 0.2) is 5.96 Å². The predicted molar refractivity (Wildman–Crippen MR) is 142 cm³/mol. The van der Waals surface area contributed by atoms with Crippen LogP contribution in [0.3, 0.4) is 0 Å². The number of carbonyl (C=O) groups excluding carboxylic acids is 2. The fraction of sp³-hybridized carbons (Fsp3) is 0.483. The second-order valence-corrected chi connectivity index (χ2v) is 10.2. The molecule has 2 unspecified atom stereocenters. The van der Waals surface area contributed by atoms with Crippen molar-refractivity contribution in [3.05, 3.63) is 64.7 Å². The molecule has 6 rings (SSSR count). The summed E-state index contributed by atoms with van der Waals surface area (Å²) < 4.78 is 6.23. The Bertz CT molecular complexity index is 1160. The lowest BCUT2D eigenvalue weighted by Gasteiger charge is -2.38. The quantitative estimate of drug-likeness (QED) is 0.550. The molecule has 3 N–H and O–H groups in total. The molecular formula is C29H38N4O3. The fourth-order valence-electron chi connectivity index (χ4n) is 5.21. The highest BCUT2D eigenvalue weighted by molar-refractivity contribution is 5.98. The lowest BCUT2D eigenvalue weighted by atomic mass is 9.88. The highest BCUT2D eigenvalue weighted by atomic mass is 16.5. The summed E-state index contributed by atoms with van der Waals surface area (Å²) >= 11 is 0. The second kappa shape index (κ2) is 10.7. The number of hydrogen-bond donors (Lipinski definition) is 2. The van der Waals surface area contributed by atoms with E-state index in [0.29, 0.717) is 24.9 Å². The maximum absolute atomic E-state index is 13.3. The molecule has 7 heteroatoms. The van der Waals surface area contributed by atoms with E-state index in [0.717, 1.165) is 42.6 Å². The van der Waals surface area contributed by atoms with E-state index >= 15 is 0 Å². The Morgan fingerprint density at radius 1 is 1.08 bits per heavy atom. The van der Waals surface area contributed by atoms with Gasteiger partial charge in [0.2, 0.25) is 5.91 Å². The maximum atomic E-state index is 13.3. The number of aryl methyl sites for hydroxylation is 1. The number of fused-ring (bicyclic) bond motifs is 5. The Hall–Kier alpha value is -3.35. The molecule has 0 aromatic heterocycles. The maximum Gasteiger partial charge on any atom is 0.251 e. The molecular weight excluding hydrogens is 452 g/mol. The van der Waals surface area contributed by atoms with Gasteiger partial charge >= 0.3 is 0 Å².